The van der Waals surface area contributed by atoms with Crippen LogP contribution >= 0.6 is 34.5 Å². The molecule has 0 amide bonds. The molecule has 1 aromatic carbocycles. The number of hydrogen-bond acceptors (Lipinski definition) is 3. The maximum atomic E-state index is 6.27. The van der Waals surface area contributed by atoms with E-state index in [0.717, 1.165) is 26.9 Å². The van der Waals surface area contributed by atoms with Gasteiger partial charge in [0.05, 0.1) is 15.4 Å². The summed E-state index contributed by atoms with van der Waals surface area (Å²) in [4.78, 5) is 9.84. The summed E-state index contributed by atoms with van der Waals surface area (Å²) in [6, 6.07) is 5.89. The van der Waals surface area contributed by atoms with Crippen molar-refractivity contribution in [1.29, 1.82) is 0 Å². The number of aromatic nitrogens is 2. The lowest BCUT2D eigenvalue weighted by atomic mass is 10.1. The average Bonchev–Trinajstić information content (AvgIpc) is 2.71. The van der Waals surface area contributed by atoms with Gasteiger partial charge in [-0.3, -0.25) is 0 Å². The van der Waals surface area contributed by atoms with E-state index in [1.54, 1.807) is 0 Å². The van der Waals surface area contributed by atoms with Crippen LogP contribution in [-0.2, 0) is 0 Å². The lowest BCUT2D eigenvalue weighted by Gasteiger charge is -2.05. The van der Waals surface area contributed by atoms with Crippen LogP contribution in [0.5, 0.6) is 0 Å². The van der Waals surface area contributed by atoms with E-state index in [0.29, 0.717) is 16.0 Å². The van der Waals surface area contributed by atoms with Crippen molar-refractivity contribution < 1.29 is 0 Å². The first-order valence-corrected chi connectivity index (χ1v) is 7.38. The first kappa shape index (κ1) is 12.9. The predicted molar refractivity (Wildman–Crippen MR) is 82.3 cm³/mol. The third-order valence-corrected chi connectivity index (χ3v) is 4.97. The molecule has 0 N–H and O–H groups in total. The minimum absolute atomic E-state index is 0.464. The molecule has 2 nitrogen and oxygen atoms in total. The van der Waals surface area contributed by atoms with Crippen LogP contribution in [0.15, 0.2) is 23.6 Å². The highest BCUT2D eigenvalue weighted by atomic mass is 35.5. The molecule has 0 bridgehead atoms. The van der Waals surface area contributed by atoms with Gasteiger partial charge < -0.3 is 0 Å². The smallest absolute Gasteiger partial charge is 0.173 e. The Hall–Kier alpha value is -1.16. The Morgan fingerprint density at radius 3 is 2.53 bits per heavy atom. The zero-order chi connectivity index (χ0) is 13.6. The number of benzene rings is 1. The van der Waals surface area contributed by atoms with Gasteiger partial charge in [-0.1, -0.05) is 35.3 Å². The number of para-hydroxylation sites is 1. The minimum atomic E-state index is 0.464. The fourth-order valence-corrected chi connectivity index (χ4v) is 3.38. The van der Waals surface area contributed by atoms with Gasteiger partial charge in [0, 0.05) is 5.39 Å². The normalized spacial score (nSPS) is 11.2. The lowest BCUT2D eigenvalue weighted by molar-refractivity contribution is 1.23. The Morgan fingerprint density at radius 1 is 1.05 bits per heavy atom. The SMILES string of the molecule is Cc1csc(-c2nc(Cl)c3cccc(C)c3n2)c1Cl. The first-order valence-electron chi connectivity index (χ1n) is 5.74. The molecule has 19 heavy (non-hydrogen) atoms. The van der Waals surface area contributed by atoms with Crippen LogP contribution in [0.2, 0.25) is 10.2 Å². The monoisotopic (exact) mass is 308 g/mol. The van der Waals surface area contributed by atoms with E-state index in [1.165, 1.54) is 11.3 Å². The average molecular weight is 309 g/mol. The molecule has 0 saturated heterocycles. The van der Waals surface area contributed by atoms with Gasteiger partial charge in [-0.2, -0.15) is 0 Å². The number of fused-ring (bicyclic) bond motifs is 1. The van der Waals surface area contributed by atoms with Crippen LogP contribution in [0.3, 0.4) is 0 Å². The molecule has 0 saturated carbocycles. The van der Waals surface area contributed by atoms with Crippen LogP contribution in [0.25, 0.3) is 21.6 Å². The third kappa shape index (κ3) is 2.12. The van der Waals surface area contributed by atoms with Crippen molar-refractivity contribution in [2.24, 2.45) is 0 Å². The second kappa shape index (κ2) is 4.75. The second-order valence-corrected chi connectivity index (χ2v) is 5.99. The molecule has 3 rings (SSSR count). The lowest BCUT2D eigenvalue weighted by Crippen LogP contribution is -1.92. The maximum absolute atomic E-state index is 6.27. The van der Waals surface area contributed by atoms with Gasteiger partial charge in [-0.25, -0.2) is 9.97 Å². The van der Waals surface area contributed by atoms with Gasteiger partial charge in [-0.05, 0) is 36.4 Å². The summed E-state index contributed by atoms with van der Waals surface area (Å²) in [5.41, 5.74) is 2.98. The van der Waals surface area contributed by atoms with Gasteiger partial charge in [0.1, 0.15) is 5.15 Å². The van der Waals surface area contributed by atoms with E-state index in [-0.39, 0.29) is 0 Å². The molecular formula is C14H10Cl2N2S. The summed E-state index contributed by atoms with van der Waals surface area (Å²) in [5.74, 6) is 0.593. The van der Waals surface area contributed by atoms with Crippen molar-refractivity contribution in [3.8, 4) is 10.7 Å². The van der Waals surface area contributed by atoms with Crippen molar-refractivity contribution in [2.75, 3.05) is 0 Å². The van der Waals surface area contributed by atoms with Crippen LogP contribution in [-0.4, -0.2) is 9.97 Å². The van der Waals surface area contributed by atoms with Gasteiger partial charge >= 0.3 is 0 Å². The molecule has 0 aliphatic heterocycles. The van der Waals surface area contributed by atoms with Crippen LogP contribution in [0.4, 0.5) is 0 Å². The van der Waals surface area contributed by atoms with Crippen molar-refractivity contribution in [3.05, 3.63) is 44.9 Å². The van der Waals surface area contributed by atoms with Crippen LogP contribution in [0.1, 0.15) is 11.1 Å². The number of thiophene rings is 1. The molecule has 0 radical (unpaired) electrons. The van der Waals surface area contributed by atoms with Crippen molar-refractivity contribution in [2.45, 2.75) is 13.8 Å². The highest BCUT2D eigenvalue weighted by Crippen LogP contribution is 2.36. The van der Waals surface area contributed by atoms with Gasteiger partial charge in [0.2, 0.25) is 0 Å². The topological polar surface area (TPSA) is 25.8 Å². The van der Waals surface area contributed by atoms with E-state index < -0.39 is 0 Å². The summed E-state index contributed by atoms with van der Waals surface area (Å²) < 4.78 is 0. The van der Waals surface area contributed by atoms with E-state index >= 15 is 0 Å². The Kier molecular flexibility index (Phi) is 3.21. The number of nitrogens with zero attached hydrogens (tertiary/aromatic N) is 2. The molecule has 96 valence electrons. The van der Waals surface area contributed by atoms with Gasteiger partial charge in [-0.15, -0.1) is 11.3 Å². The molecule has 0 fully saturated rings. The quantitative estimate of drug-likeness (QED) is 0.571. The first-order chi connectivity index (χ1) is 9.08. The van der Waals surface area contributed by atoms with Crippen molar-refractivity contribution in [1.82, 2.24) is 9.97 Å². The molecule has 3 aromatic rings. The molecule has 5 heteroatoms. The van der Waals surface area contributed by atoms with Crippen LogP contribution in [0, 0.1) is 13.8 Å². The molecule has 0 aliphatic rings. The van der Waals surface area contributed by atoms with Gasteiger partial charge in [0.25, 0.3) is 0 Å². The Balaban J connectivity index is 2.32. The number of halogens is 2. The molecule has 0 aliphatic carbocycles. The van der Waals surface area contributed by atoms with E-state index in [9.17, 15) is 0 Å². The van der Waals surface area contributed by atoms with Crippen molar-refractivity contribution in [3.63, 3.8) is 0 Å². The summed E-state index contributed by atoms with van der Waals surface area (Å²) in [6.07, 6.45) is 0. The van der Waals surface area contributed by atoms with Crippen LogP contribution < -0.4 is 0 Å². The fourth-order valence-electron chi connectivity index (χ4n) is 1.94. The summed E-state index contributed by atoms with van der Waals surface area (Å²) in [5, 5.41) is 4.03. The summed E-state index contributed by atoms with van der Waals surface area (Å²) >= 11 is 14.1. The van der Waals surface area contributed by atoms with Gasteiger partial charge in [0.15, 0.2) is 5.82 Å². The molecule has 2 heterocycles. The number of hydrogen-bond donors (Lipinski definition) is 0. The fraction of sp³-hybridized carbons (Fsp3) is 0.143. The minimum Gasteiger partial charge on any atom is -0.227 e. The van der Waals surface area contributed by atoms with Crippen molar-refractivity contribution >= 4 is 45.4 Å². The third-order valence-electron chi connectivity index (χ3n) is 2.98. The summed E-state index contributed by atoms with van der Waals surface area (Å²) in [7, 11) is 0. The largest absolute Gasteiger partial charge is 0.227 e. The second-order valence-electron chi connectivity index (χ2n) is 4.37. The van der Waals surface area contributed by atoms with E-state index in [2.05, 4.69) is 9.97 Å². The Bertz CT molecular complexity index is 780. The molecule has 0 atom stereocenters. The van der Waals surface area contributed by atoms with E-state index in [1.807, 2.05) is 37.4 Å². The molecule has 0 spiro atoms. The Labute approximate surface area is 125 Å². The molecular weight excluding hydrogens is 299 g/mol. The predicted octanol–water partition coefficient (Wildman–Crippen LogP) is 5.28. The number of rotatable bonds is 1. The highest BCUT2D eigenvalue weighted by molar-refractivity contribution is 7.14. The zero-order valence-corrected chi connectivity index (χ0v) is 12.7. The standard InChI is InChI=1S/C14H10Cl2N2S/c1-7-4-3-5-9-11(7)17-14(18-13(9)16)12-10(15)8(2)6-19-12/h3-6H,1-2H3. The zero-order valence-electron chi connectivity index (χ0n) is 10.4. The highest BCUT2D eigenvalue weighted by Gasteiger charge is 2.14. The summed E-state index contributed by atoms with van der Waals surface area (Å²) in [6.45, 7) is 3.98. The maximum Gasteiger partial charge on any atom is 0.173 e. The molecule has 0 unspecified atom stereocenters. The van der Waals surface area contributed by atoms with E-state index in [4.69, 9.17) is 23.2 Å². The number of aryl methyl sites for hydroxylation is 2. The Morgan fingerprint density at radius 2 is 1.84 bits per heavy atom. The molecule has 2 aromatic heterocycles.